The van der Waals surface area contributed by atoms with Gasteiger partial charge in [-0.15, -0.1) is 0 Å². The molecule has 1 fully saturated rings. The number of halogens is 1. The number of hydrogen-bond donors (Lipinski definition) is 1. The van der Waals surface area contributed by atoms with Gasteiger partial charge in [0.05, 0.1) is 32.4 Å². The summed E-state index contributed by atoms with van der Waals surface area (Å²) in [5, 5.41) is 9.85. The van der Waals surface area contributed by atoms with Crippen molar-refractivity contribution in [3.8, 4) is 0 Å². The molecule has 1 heterocycles. The van der Waals surface area contributed by atoms with E-state index in [1.54, 1.807) is 24.3 Å². The van der Waals surface area contributed by atoms with Gasteiger partial charge in [0.1, 0.15) is 0 Å². The fourth-order valence-electron chi connectivity index (χ4n) is 1.98. The Labute approximate surface area is 111 Å². The van der Waals surface area contributed by atoms with Crippen molar-refractivity contribution >= 4 is 17.4 Å². The summed E-state index contributed by atoms with van der Waals surface area (Å²) in [7, 11) is 0. The molecule has 1 aromatic carbocycles. The molecule has 0 radical (unpaired) electrons. The van der Waals surface area contributed by atoms with Crippen molar-refractivity contribution in [3.63, 3.8) is 0 Å². The summed E-state index contributed by atoms with van der Waals surface area (Å²) in [5.41, 5.74) is 0.641. The summed E-state index contributed by atoms with van der Waals surface area (Å²) >= 11 is 5.78. The predicted octanol–water partition coefficient (Wildman–Crippen LogP) is 1.22. The van der Waals surface area contributed by atoms with E-state index >= 15 is 0 Å². The zero-order chi connectivity index (χ0) is 13.0. The highest BCUT2D eigenvalue weighted by molar-refractivity contribution is 6.30. The second-order valence-electron chi connectivity index (χ2n) is 4.31. The molecule has 5 heteroatoms. The summed E-state index contributed by atoms with van der Waals surface area (Å²) < 4.78 is 5.28. The van der Waals surface area contributed by atoms with Gasteiger partial charge in [-0.25, -0.2) is 0 Å². The number of hydrogen-bond acceptors (Lipinski definition) is 4. The van der Waals surface area contributed by atoms with Crippen LogP contribution in [0.3, 0.4) is 0 Å². The lowest BCUT2D eigenvalue weighted by molar-refractivity contribution is -0.0240. The minimum absolute atomic E-state index is 0.00784. The fourth-order valence-corrected chi connectivity index (χ4v) is 2.10. The number of ether oxygens (including phenoxy) is 1. The van der Waals surface area contributed by atoms with E-state index in [2.05, 4.69) is 0 Å². The lowest BCUT2D eigenvalue weighted by atomic mass is 10.1. The smallest absolute Gasteiger partial charge is 0.176 e. The Kier molecular flexibility index (Phi) is 4.72. The number of carbonyl (C=O) groups excluding carboxylic acids is 1. The van der Waals surface area contributed by atoms with Crippen LogP contribution in [0.2, 0.25) is 5.02 Å². The van der Waals surface area contributed by atoms with Crippen molar-refractivity contribution in [2.24, 2.45) is 0 Å². The third kappa shape index (κ3) is 3.29. The van der Waals surface area contributed by atoms with Crippen molar-refractivity contribution in [3.05, 3.63) is 34.9 Å². The monoisotopic (exact) mass is 269 g/mol. The molecule has 1 aromatic rings. The number of aliphatic hydroxyl groups excluding tert-OH is 1. The van der Waals surface area contributed by atoms with Gasteiger partial charge in [0.2, 0.25) is 0 Å². The molecule has 18 heavy (non-hydrogen) atoms. The number of aliphatic hydroxyl groups is 1. The Morgan fingerprint density at radius 3 is 2.83 bits per heavy atom. The molecule has 1 N–H and O–H groups in total. The normalized spacial score (nSPS) is 20.9. The maximum atomic E-state index is 12.1. The average molecular weight is 270 g/mol. The highest BCUT2D eigenvalue weighted by Crippen LogP contribution is 2.12. The third-order valence-electron chi connectivity index (χ3n) is 3.07. The molecule has 0 aromatic heterocycles. The van der Waals surface area contributed by atoms with Crippen LogP contribution in [0.25, 0.3) is 0 Å². The quantitative estimate of drug-likeness (QED) is 0.835. The highest BCUT2D eigenvalue weighted by atomic mass is 35.5. The summed E-state index contributed by atoms with van der Waals surface area (Å²) in [6.45, 7) is 2.06. The molecule has 1 atom stereocenters. The van der Waals surface area contributed by atoms with E-state index in [-0.39, 0.29) is 18.4 Å². The second-order valence-corrected chi connectivity index (χ2v) is 4.75. The van der Waals surface area contributed by atoms with Gasteiger partial charge >= 0.3 is 0 Å². The first-order chi connectivity index (χ1) is 8.70. The summed E-state index contributed by atoms with van der Waals surface area (Å²) in [6.07, 6.45) is 0. The largest absolute Gasteiger partial charge is 0.395 e. The molecule has 4 nitrogen and oxygen atoms in total. The van der Waals surface area contributed by atoms with E-state index in [1.165, 1.54) is 0 Å². The number of rotatable bonds is 4. The SMILES string of the molecule is O=C(CN1CCOCC1CO)c1ccc(Cl)cc1. The summed E-state index contributed by atoms with van der Waals surface area (Å²) in [5.74, 6) is 0.0343. The first-order valence-corrected chi connectivity index (χ1v) is 6.30. The van der Waals surface area contributed by atoms with Crippen molar-refractivity contribution in [2.45, 2.75) is 6.04 Å². The molecule has 1 aliphatic heterocycles. The number of nitrogens with zero attached hydrogens (tertiary/aromatic N) is 1. The molecular weight excluding hydrogens is 254 g/mol. The molecule has 2 rings (SSSR count). The topological polar surface area (TPSA) is 49.8 Å². The van der Waals surface area contributed by atoms with Gasteiger partial charge < -0.3 is 9.84 Å². The van der Waals surface area contributed by atoms with Crippen LogP contribution in [-0.4, -0.2) is 54.7 Å². The van der Waals surface area contributed by atoms with Gasteiger partial charge in [-0.3, -0.25) is 9.69 Å². The van der Waals surface area contributed by atoms with E-state index in [9.17, 15) is 9.90 Å². The molecular formula is C13H16ClNO3. The Bertz CT molecular complexity index is 407. The Hall–Kier alpha value is -0.940. The van der Waals surface area contributed by atoms with Gasteiger partial charge in [0.15, 0.2) is 5.78 Å². The highest BCUT2D eigenvalue weighted by Gasteiger charge is 2.24. The number of benzene rings is 1. The number of morpholine rings is 1. The van der Waals surface area contributed by atoms with Gasteiger partial charge in [-0.2, -0.15) is 0 Å². The minimum atomic E-state index is -0.0880. The molecule has 0 bridgehead atoms. The van der Waals surface area contributed by atoms with Crippen molar-refractivity contribution < 1.29 is 14.6 Å². The Morgan fingerprint density at radius 1 is 1.44 bits per heavy atom. The molecule has 1 unspecified atom stereocenters. The Balaban J connectivity index is 1.99. The maximum absolute atomic E-state index is 12.1. The second kappa shape index (κ2) is 6.29. The minimum Gasteiger partial charge on any atom is -0.395 e. The molecule has 0 spiro atoms. The number of Topliss-reactive ketones (excluding diaryl/α,β-unsaturated/α-hetero) is 1. The van der Waals surface area contributed by atoms with Crippen LogP contribution in [0.4, 0.5) is 0 Å². The zero-order valence-corrected chi connectivity index (χ0v) is 10.8. The predicted molar refractivity (Wildman–Crippen MR) is 69.0 cm³/mol. The lowest BCUT2D eigenvalue weighted by Gasteiger charge is -2.33. The van der Waals surface area contributed by atoms with E-state index in [4.69, 9.17) is 16.3 Å². The van der Waals surface area contributed by atoms with Crippen LogP contribution >= 0.6 is 11.6 Å². The van der Waals surface area contributed by atoms with Gasteiger partial charge in [0.25, 0.3) is 0 Å². The van der Waals surface area contributed by atoms with Crippen molar-refractivity contribution in [1.29, 1.82) is 0 Å². The van der Waals surface area contributed by atoms with Crippen molar-refractivity contribution in [1.82, 2.24) is 4.90 Å². The summed E-state index contributed by atoms with van der Waals surface area (Å²) in [6, 6.07) is 6.77. The van der Waals surface area contributed by atoms with Crippen LogP contribution in [-0.2, 0) is 4.74 Å². The first-order valence-electron chi connectivity index (χ1n) is 5.92. The summed E-state index contributed by atoms with van der Waals surface area (Å²) in [4.78, 5) is 14.0. The van der Waals surface area contributed by atoms with E-state index in [0.29, 0.717) is 36.9 Å². The molecule has 1 saturated heterocycles. The van der Waals surface area contributed by atoms with Crippen LogP contribution < -0.4 is 0 Å². The van der Waals surface area contributed by atoms with Gasteiger partial charge in [0, 0.05) is 17.1 Å². The van der Waals surface area contributed by atoms with Gasteiger partial charge in [-0.1, -0.05) is 11.6 Å². The van der Waals surface area contributed by atoms with E-state index in [0.717, 1.165) is 0 Å². The molecule has 0 amide bonds. The first kappa shape index (κ1) is 13.5. The third-order valence-corrected chi connectivity index (χ3v) is 3.33. The molecule has 0 saturated carbocycles. The lowest BCUT2D eigenvalue weighted by Crippen LogP contribution is -2.49. The molecule has 0 aliphatic carbocycles. The van der Waals surface area contributed by atoms with Crippen LogP contribution in [0, 0.1) is 0 Å². The molecule has 98 valence electrons. The Morgan fingerprint density at radius 2 is 2.17 bits per heavy atom. The maximum Gasteiger partial charge on any atom is 0.176 e. The molecule has 1 aliphatic rings. The van der Waals surface area contributed by atoms with Crippen molar-refractivity contribution in [2.75, 3.05) is 32.9 Å². The fraction of sp³-hybridized carbons (Fsp3) is 0.462. The van der Waals surface area contributed by atoms with Crippen LogP contribution in [0.15, 0.2) is 24.3 Å². The average Bonchev–Trinajstić information content (AvgIpc) is 2.40. The number of ketones is 1. The van der Waals surface area contributed by atoms with E-state index < -0.39 is 0 Å². The zero-order valence-electron chi connectivity index (χ0n) is 10.0. The standard InChI is InChI=1S/C13H16ClNO3/c14-11-3-1-10(2-4-11)13(17)7-15-5-6-18-9-12(15)8-16/h1-4,12,16H,5-9H2. The number of carbonyl (C=O) groups is 1. The van der Waals surface area contributed by atoms with Gasteiger partial charge in [-0.05, 0) is 24.3 Å². The van der Waals surface area contributed by atoms with E-state index in [1.807, 2.05) is 4.90 Å². The van der Waals surface area contributed by atoms with Crippen LogP contribution in [0.1, 0.15) is 10.4 Å². The van der Waals surface area contributed by atoms with Crippen LogP contribution in [0.5, 0.6) is 0 Å².